The van der Waals surface area contributed by atoms with Crippen LogP contribution in [0.15, 0.2) is 47.5 Å². The van der Waals surface area contributed by atoms with Gasteiger partial charge in [0.2, 0.25) is 5.88 Å². The second kappa shape index (κ2) is 9.35. The minimum atomic E-state index is -5.10. The standard InChI is InChI=1S/C24H22ClF3N2O5/c1-12-7-15(22(32)33)10-29-20(12)35-17-5-6-18(19(25)9-17)14(3)23(34,24(26,27)28)16-8-13(2)21(31)30(4)11-16/h5-11,14,34H,1-4H3,(H,32,33)/t14-,23-/m0/s1. The molecule has 3 aromatic rings. The second-order valence-electron chi connectivity index (χ2n) is 8.25. The van der Waals surface area contributed by atoms with Crippen LogP contribution in [0.5, 0.6) is 11.6 Å². The minimum Gasteiger partial charge on any atom is -0.478 e. The van der Waals surface area contributed by atoms with Crippen molar-refractivity contribution in [3.05, 3.63) is 85.9 Å². The maximum atomic E-state index is 14.3. The van der Waals surface area contributed by atoms with Crippen molar-refractivity contribution in [2.24, 2.45) is 7.05 Å². The van der Waals surface area contributed by atoms with Gasteiger partial charge in [-0.3, -0.25) is 4.79 Å². The zero-order chi connectivity index (χ0) is 26.3. The fraction of sp³-hybridized carbons (Fsp3) is 0.292. The maximum Gasteiger partial charge on any atom is 0.422 e. The van der Waals surface area contributed by atoms with E-state index in [4.69, 9.17) is 21.4 Å². The molecule has 0 fully saturated rings. The molecule has 1 aromatic carbocycles. The van der Waals surface area contributed by atoms with Crippen LogP contribution in [0.3, 0.4) is 0 Å². The molecule has 0 aliphatic heterocycles. The monoisotopic (exact) mass is 510 g/mol. The van der Waals surface area contributed by atoms with Gasteiger partial charge in [-0.05, 0) is 43.7 Å². The molecule has 2 atom stereocenters. The van der Waals surface area contributed by atoms with Crippen LogP contribution < -0.4 is 10.3 Å². The predicted molar refractivity (Wildman–Crippen MR) is 122 cm³/mol. The number of hydrogen-bond acceptors (Lipinski definition) is 5. The first-order chi connectivity index (χ1) is 16.2. The number of pyridine rings is 2. The number of carbonyl (C=O) groups is 1. The Morgan fingerprint density at radius 1 is 1.17 bits per heavy atom. The summed E-state index contributed by atoms with van der Waals surface area (Å²) in [4.78, 5) is 27.0. The van der Waals surface area contributed by atoms with Gasteiger partial charge in [0, 0.05) is 47.1 Å². The molecule has 0 spiro atoms. The fourth-order valence-corrected chi connectivity index (χ4v) is 4.12. The van der Waals surface area contributed by atoms with E-state index in [0.717, 1.165) is 23.0 Å². The van der Waals surface area contributed by atoms with Crippen molar-refractivity contribution in [2.45, 2.75) is 38.5 Å². The van der Waals surface area contributed by atoms with Gasteiger partial charge in [-0.2, -0.15) is 13.2 Å². The summed E-state index contributed by atoms with van der Waals surface area (Å²) < 4.78 is 49.4. The molecular weight excluding hydrogens is 489 g/mol. The van der Waals surface area contributed by atoms with Crippen molar-refractivity contribution in [3.8, 4) is 11.6 Å². The third-order valence-corrected chi connectivity index (χ3v) is 6.12. The molecule has 0 saturated heterocycles. The predicted octanol–water partition coefficient (Wildman–Crippen LogP) is 5.09. The van der Waals surface area contributed by atoms with Crippen molar-refractivity contribution >= 4 is 17.6 Å². The Bertz CT molecular complexity index is 1330. The number of aliphatic hydroxyl groups is 1. The largest absolute Gasteiger partial charge is 0.478 e. The molecule has 0 unspecified atom stereocenters. The van der Waals surface area contributed by atoms with Crippen molar-refractivity contribution in [1.82, 2.24) is 9.55 Å². The van der Waals surface area contributed by atoms with Crippen LogP contribution in [0, 0.1) is 13.8 Å². The highest BCUT2D eigenvalue weighted by atomic mass is 35.5. The fourth-order valence-electron chi connectivity index (χ4n) is 3.79. The van der Waals surface area contributed by atoms with Crippen molar-refractivity contribution in [1.29, 1.82) is 0 Å². The smallest absolute Gasteiger partial charge is 0.422 e. The Balaban J connectivity index is 2.01. The molecule has 3 rings (SSSR count). The molecule has 186 valence electrons. The van der Waals surface area contributed by atoms with E-state index in [1.54, 1.807) is 6.92 Å². The Morgan fingerprint density at radius 3 is 2.34 bits per heavy atom. The highest BCUT2D eigenvalue weighted by Crippen LogP contribution is 2.50. The summed E-state index contributed by atoms with van der Waals surface area (Å²) in [7, 11) is 1.30. The number of aromatic carboxylic acids is 1. The molecule has 2 heterocycles. The van der Waals surface area contributed by atoms with E-state index < -0.39 is 34.8 Å². The Morgan fingerprint density at radius 2 is 1.83 bits per heavy atom. The summed E-state index contributed by atoms with van der Waals surface area (Å²) in [6.45, 7) is 4.14. The molecule has 0 aliphatic rings. The highest BCUT2D eigenvalue weighted by molar-refractivity contribution is 6.31. The molecular formula is C24H22ClF3N2O5. The molecule has 0 aliphatic carbocycles. The first-order valence-corrected chi connectivity index (χ1v) is 10.7. The Labute approximate surface area is 203 Å². The quantitative estimate of drug-likeness (QED) is 0.479. The molecule has 0 bridgehead atoms. The van der Waals surface area contributed by atoms with E-state index in [1.165, 1.54) is 45.2 Å². The second-order valence-corrected chi connectivity index (χ2v) is 8.66. The summed E-state index contributed by atoms with van der Waals surface area (Å²) in [5.41, 5.74) is -3.88. The summed E-state index contributed by atoms with van der Waals surface area (Å²) in [6, 6.07) is 6.33. The molecule has 2 aromatic heterocycles. The lowest BCUT2D eigenvalue weighted by atomic mass is 9.78. The van der Waals surface area contributed by atoms with E-state index in [-0.39, 0.29) is 33.3 Å². The number of nitrogens with zero attached hydrogens (tertiary/aromatic N) is 2. The summed E-state index contributed by atoms with van der Waals surface area (Å²) in [5, 5.41) is 20.0. The van der Waals surface area contributed by atoms with Gasteiger partial charge in [0.05, 0.1) is 5.56 Å². The van der Waals surface area contributed by atoms with Crippen LogP contribution in [-0.2, 0) is 12.6 Å². The van der Waals surface area contributed by atoms with Gasteiger partial charge in [-0.25, -0.2) is 9.78 Å². The number of halogens is 4. The Kier molecular flexibility index (Phi) is 7.01. The summed E-state index contributed by atoms with van der Waals surface area (Å²) in [6.07, 6.45) is -3.02. The van der Waals surface area contributed by atoms with Crippen molar-refractivity contribution in [2.75, 3.05) is 0 Å². The van der Waals surface area contributed by atoms with Crippen LogP contribution in [0.4, 0.5) is 13.2 Å². The van der Waals surface area contributed by atoms with E-state index >= 15 is 0 Å². The minimum absolute atomic E-state index is 0.00347. The van der Waals surface area contributed by atoms with Gasteiger partial charge < -0.3 is 19.5 Å². The van der Waals surface area contributed by atoms with Crippen LogP contribution in [0.1, 0.15) is 45.5 Å². The molecule has 2 N–H and O–H groups in total. The molecule has 0 amide bonds. The van der Waals surface area contributed by atoms with E-state index in [2.05, 4.69) is 4.98 Å². The lowest BCUT2D eigenvalue weighted by Gasteiger charge is -2.37. The molecule has 7 nitrogen and oxygen atoms in total. The summed E-state index contributed by atoms with van der Waals surface area (Å²) >= 11 is 6.32. The highest BCUT2D eigenvalue weighted by Gasteiger charge is 2.59. The van der Waals surface area contributed by atoms with E-state index in [0.29, 0.717) is 5.56 Å². The van der Waals surface area contributed by atoms with Crippen molar-refractivity contribution in [3.63, 3.8) is 0 Å². The zero-order valence-electron chi connectivity index (χ0n) is 19.1. The SMILES string of the molecule is Cc1cc(C(=O)O)cnc1Oc1ccc([C@H](C)[C@](O)(c2cc(C)c(=O)n(C)c2)C(F)(F)F)c(Cl)c1. The topological polar surface area (TPSA) is 102 Å². The number of benzene rings is 1. The van der Waals surface area contributed by atoms with Gasteiger partial charge in [-0.1, -0.05) is 24.6 Å². The normalized spacial score (nSPS) is 14.3. The zero-order valence-corrected chi connectivity index (χ0v) is 19.9. The van der Waals surface area contributed by atoms with Gasteiger partial charge in [0.15, 0.2) is 5.60 Å². The van der Waals surface area contributed by atoms with Crippen LogP contribution in [0.2, 0.25) is 5.02 Å². The lowest BCUT2D eigenvalue weighted by molar-refractivity contribution is -0.274. The average molecular weight is 511 g/mol. The first-order valence-electron chi connectivity index (χ1n) is 10.3. The number of ether oxygens (including phenoxy) is 1. The number of aromatic nitrogens is 2. The third kappa shape index (κ3) is 4.89. The van der Waals surface area contributed by atoms with Gasteiger partial charge >= 0.3 is 12.1 Å². The Hall–Kier alpha value is -3.37. The maximum absolute atomic E-state index is 14.3. The number of aryl methyl sites for hydroxylation is 3. The molecule has 0 saturated carbocycles. The van der Waals surface area contributed by atoms with Crippen LogP contribution in [0.25, 0.3) is 0 Å². The number of carboxylic acid groups (broad SMARTS) is 1. The average Bonchev–Trinajstić information content (AvgIpc) is 2.76. The van der Waals surface area contributed by atoms with Crippen LogP contribution in [-0.4, -0.2) is 31.9 Å². The first kappa shape index (κ1) is 26.2. The third-order valence-electron chi connectivity index (χ3n) is 5.79. The summed E-state index contributed by atoms with van der Waals surface area (Å²) in [5.74, 6) is -2.47. The molecule has 35 heavy (non-hydrogen) atoms. The number of rotatable bonds is 6. The van der Waals surface area contributed by atoms with Crippen LogP contribution >= 0.6 is 11.6 Å². The molecule has 0 radical (unpaired) electrons. The molecule has 11 heteroatoms. The van der Waals surface area contributed by atoms with Gasteiger partial charge in [0.25, 0.3) is 5.56 Å². The van der Waals surface area contributed by atoms with Crippen molar-refractivity contribution < 1.29 is 32.9 Å². The number of carboxylic acids is 1. The lowest BCUT2D eigenvalue weighted by Crippen LogP contribution is -2.47. The number of hydrogen-bond donors (Lipinski definition) is 2. The van der Waals surface area contributed by atoms with E-state index in [1.807, 2.05) is 0 Å². The van der Waals surface area contributed by atoms with E-state index in [9.17, 15) is 27.9 Å². The number of alkyl halides is 3. The van der Waals surface area contributed by atoms with Gasteiger partial charge in [-0.15, -0.1) is 0 Å². The van der Waals surface area contributed by atoms with Gasteiger partial charge in [0.1, 0.15) is 5.75 Å².